The van der Waals surface area contributed by atoms with E-state index in [1.54, 1.807) is 4.90 Å². The van der Waals surface area contributed by atoms with Crippen LogP contribution in [0.3, 0.4) is 0 Å². The molecule has 7 nitrogen and oxygen atoms in total. The molecule has 1 saturated heterocycles. The maximum absolute atomic E-state index is 13.0. The summed E-state index contributed by atoms with van der Waals surface area (Å²) in [5, 5.41) is 6.70. The third-order valence-corrected chi connectivity index (χ3v) is 5.60. The topological polar surface area (TPSA) is 79.9 Å². The summed E-state index contributed by atoms with van der Waals surface area (Å²) in [6.07, 6.45) is 3.21. The number of likely N-dealkylation sites (tertiary alicyclic amines) is 1. The van der Waals surface area contributed by atoms with E-state index < -0.39 is 5.60 Å². The lowest BCUT2D eigenvalue weighted by atomic mass is 9.87. The highest BCUT2D eigenvalue weighted by molar-refractivity contribution is 5.97. The van der Waals surface area contributed by atoms with E-state index in [1.807, 2.05) is 45.0 Å². The molecule has 0 saturated carbocycles. The highest BCUT2D eigenvalue weighted by atomic mass is 16.6. The van der Waals surface area contributed by atoms with Gasteiger partial charge in [-0.1, -0.05) is 12.1 Å². The van der Waals surface area contributed by atoms with Crippen molar-refractivity contribution >= 4 is 12.0 Å². The second-order valence-electron chi connectivity index (χ2n) is 9.12. The first-order valence-corrected chi connectivity index (χ1v) is 11.0. The van der Waals surface area contributed by atoms with Crippen molar-refractivity contribution in [2.24, 2.45) is 5.92 Å². The molecule has 0 aliphatic carbocycles. The van der Waals surface area contributed by atoms with Gasteiger partial charge in [0.2, 0.25) is 0 Å². The monoisotopic (exact) mass is 417 g/mol. The molecule has 0 spiro atoms. The van der Waals surface area contributed by atoms with Gasteiger partial charge in [0, 0.05) is 19.1 Å². The zero-order valence-corrected chi connectivity index (χ0v) is 18.4. The van der Waals surface area contributed by atoms with Gasteiger partial charge in [-0.25, -0.2) is 4.79 Å². The summed E-state index contributed by atoms with van der Waals surface area (Å²) in [4.78, 5) is 27.1. The molecule has 30 heavy (non-hydrogen) atoms. The summed E-state index contributed by atoms with van der Waals surface area (Å²) in [5.74, 6) is 0.866. The van der Waals surface area contributed by atoms with Gasteiger partial charge in [0.25, 0.3) is 5.91 Å². The van der Waals surface area contributed by atoms with Crippen LogP contribution < -0.4 is 15.4 Å². The summed E-state index contributed by atoms with van der Waals surface area (Å²) < 4.78 is 11.3. The molecule has 1 fully saturated rings. The average molecular weight is 418 g/mol. The lowest BCUT2D eigenvalue weighted by Crippen LogP contribution is -2.48. The number of hydrogen-bond donors (Lipinski definition) is 2. The highest BCUT2D eigenvalue weighted by Crippen LogP contribution is 2.25. The predicted octanol–water partition coefficient (Wildman–Crippen LogP) is 3.19. The summed E-state index contributed by atoms with van der Waals surface area (Å²) in [6, 6.07) is 7.47. The molecule has 3 rings (SSSR count). The Balaban J connectivity index is 1.65. The Bertz CT molecular complexity index is 723. The van der Waals surface area contributed by atoms with Gasteiger partial charge in [-0.15, -0.1) is 0 Å². The maximum atomic E-state index is 13.0. The number of para-hydroxylation sites is 1. The van der Waals surface area contributed by atoms with Crippen molar-refractivity contribution in [1.29, 1.82) is 0 Å². The third kappa shape index (κ3) is 6.36. The SMILES string of the molecule is CC(C)(C)OC(=O)N1CCC(C2CCNCCCOc3ccccc3C(=O)N2)CC1. The van der Waals surface area contributed by atoms with E-state index >= 15 is 0 Å². The van der Waals surface area contributed by atoms with Gasteiger partial charge in [-0.3, -0.25) is 4.79 Å². The average Bonchev–Trinajstić information content (AvgIpc) is 2.70. The smallest absolute Gasteiger partial charge is 0.410 e. The molecule has 2 aliphatic rings. The third-order valence-electron chi connectivity index (χ3n) is 5.60. The minimum Gasteiger partial charge on any atom is -0.493 e. The van der Waals surface area contributed by atoms with E-state index in [9.17, 15) is 9.59 Å². The van der Waals surface area contributed by atoms with E-state index in [1.165, 1.54) is 0 Å². The van der Waals surface area contributed by atoms with E-state index in [4.69, 9.17) is 9.47 Å². The van der Waals surface area contributed by atoms with Crippen molar-refractivity contribution in [3.05, 3.63) is 29.8 Å². The largest absolute Gasteiger partial charge is 0.493 e. The number of amides is 2. The Kier molecular flexibility index (Phi) is 7.58. The van der Waals surface area contributed by atoms with Crippen LogP contribution in [-0.2, 0) is 4.74 Å². The Hall–Kier alpha value is -2.28. The fourth-order valence-electron chi connectivity index (χ4n) is 4.02. The van der Waals surface area contributed by atoms with Crippen molar-refractivity contribution in [2.75, 3.05) is 32.8 Å². The van der Waals surface area contributed by atoms with Crippen LogP contribution in [0.1, 0.15) is 56.8 Å². The number of carbonyl (C=O) groups excluding carboxylic acids is 2. The quantitative estimate of drug-likeness (QED) is 0.734. The molecule has 2 amide bonds. The number of ether oxygens (including phenoxy) is 2. The van der Waals surface area contributed by atoms with Crippen LogP contribution in [0.15, 0.2) is 24.3 Å². The van der Waals surface area contributed by atoms with Crippen LogP contribution >= 0.6 is 0 Å². The molecule has 7 heteroatoms. The van der Waals surface area contributed by atoms with Gasteiger partial charge >= 0.3 is 6.09 Å². The van der Waals surface area contributed by atoms with Crippen LogP contribution in [0.25, 0.3) is 0 Å². The first kappa shape index (κ1) is 22.4. The number of fused-ring (bicyclic) bond motifs is 1. The molecule has 1 unspecified atom stereocenters. The molecule has 0 bridgehead atoms. The number of piperidine rings is 1. The van der Waals surface area contributed by atoms with Crippen molar-refractivity contribution in [1.82, 2.24) is 15.5 Å². The zero-order chi connectivity index (χ0) is 21.6. The standard InChI is InChI=1S/C23H35N3O4/c1-23(2,3)30-22(28)26-14-10-17(11-15-26)19-9-13-24-12-6-16-29-20-8-5-4-7-18(20)21(27)25-19/h4-5,7-8,17,19,24H,6,9-16H2,1-3H3,(H,25,27). The van der Waals surface area contributed by atoms with Gasteiger partial charge in [0.15, 0.2) is 0 Å². The molecule has 0 aromatic heterocycles. The van der Waals surface area contributed by atoms with Crippen molar-refractivity contribution < 1.29 is 19.1 Å². The van der Waals surface area contributed by atoms with Gasteiger partial charge in [-0.2, -0.15) is 0 Å². The number of hydrogen-bond acceptors (Lipinski definition) is 5. The Morgan fingerprint density at radius 3 is 2.60 bits per heavy atom. The van der Waals surface area contributed by atoms with Gasteiger partial charge in [0.05, 0.1) is 12.2 Å². The Morgan fingerprint density at radius 1 is 1.13 bits per heavy atom. The Labute approximate surface area is 179 Å². The van der Waals surface area contributed by atoms with E-state index in [0.29, 0.717) is 36.9 Å². The minimum absolute atomic E-state index is 0.0540. The second kappa shape index (κ2) is 10.2. The molecule has 166 valence electrons. The van der Waals surface area contributed by atoms with E-state index in [0.717, 1.165) is 38.8 Å². The molecule has 2 aliphatic heterocycles. The lowest BCUT2D eigenvalue weighted by molar-refractivity contribution is 0.0166. The van der Waals surface area contributed by atoms with Crippen molar-refractivity contribution in [3.63, 3.8) is 0 Å². The summed E-state index contributed by atoms with van der Waals surface area (Å²) in [6.45, 7) is 9.27. The lowest BCUT2D eigenvalue weighted by Gasteiger charge is -2.37. The number of carbonyl (C=O) groups is 2. The second-order valence-corrected chi connectivity index (χ2v) is 9.12. The first-order chi connectivity index (χ1) is 14.3. The summed E-state index contributed by atoms with van der Waals surface area (Å²) in [5.41, 5.74) is 0.0959. The first-order valence-electron chi connectivity index (χ1n) is 11.0. The van der Waals surface area contributed by atoms with Gasteiger partial charge < -0.3 is 25.0 Å². The number of nitrogens with zero attached hydrogens (tertiary/aromatic N) is 1. The fourth-order valence-corrected chi connectivity index (χ4v) is 4.02. The summed E-state index contributed by atoms with van der Waals surface area (Å²) in [7, 11) is 0. The number of benzene rings is 1. The number of rotatable bonds is 1. The number of nitrogens with one attached hydrogen (secondary N) is 2. The van der Waals surface area contributed by atoms with E-state index in [2.05, 4.69) is 10.6 Å². The minimum atomic E-state index is -0.490. The normalized spacial score (nSPS) is 22.0. The predicted molar refractivity (Wildman–Crippen MR) is 116 cm³/mol. The van der Waals surface area contributed by atoms with Crippen molar-refractivity contribution in [2.45, 2.75) is 58.1 Å². The Morgan fingerprint density at radius 2 is 1.87 bits per heavy atom. The highest BCUT2D eigenvalue weighted by Gasteiger charge is 2.31. The van der Waals surface area contributed by atoms with E-state index in [-0.39, 0.29) is 18.0 Å². The molecule has 1 aromatic rings. The molecular formula is C23H35N3O4. The molecule has 0 radical (unpaired) electrons. The van der Waals surface area contributed by atoms with Crippen molar-refractivity contribution in [3.8, 4) is 5.75 Å². The van der Waals surface area contributed by atoms with Gasteiger partial charge in [-0.05, 0) is 77.6 Å². The molecular weight excluding hydrogens is 382 g/mol. The van der Waals surface area contributed by atoms with Gasteiger partial charge in [0.1, 0.15) is 11.4 Å². The molecule has 1 atom stereocenters. The van der Waals surface area contributed by atoms with Crippen LogP contribution in [0.5, 0.6) is 5.75 Å². The van der Waals surface area contributed by atoms with Crippen LogP contribution in [0, 0.1) is 5.92 Å². The molecule has 1 aromatic carbocycles. The van der Waals surface area contributed by atoms with Crippen LogP contribution in [0.2, 0.25) is 0 Å². The fraction of sp³-hybridized carbons (Fsp3) is 0.652. The van der Waals surface area contributed by atoms with Crippen LogP contribution in [-0.4, -0.2) is 61.3 Å². The summed E-state index contributed by atoms with van der Waals surface area (Å²) >= 11 is 0. The molecule has 2 heterocycles. The maximum Gasteiger partial charge on any atom is 0.410 e. The molecule has 2 N–H and O–H groups in total. The zero-order valence-electron chi connectivity index (χ0n) is 18.4. The van der Waals surface area contributed by atoms with Crippen LogP contribution in [0.4, 0.5) is 4.79 Å².